The second kappa shape index (κ2) is 6.09. The number of nitrogens with zero attached hydrogens (tertiary/aromatic N) is 1. The topological polar surface area (TPSA) is 79.3 Å². The molecule has 18 heavy (non-hydrogen) atoms. The number of hydrogen-bond donors (Lipinski definition) is 2. The summed E-state index contributed by atoms with van der Waals surface area (Å²) in [5.74, 6) is -2.72. The first kappa shape index (κ1) is 14.1. The molecule has 0 bridgehead atoms. The van der Waals surface area contributed by atoms with Crippen LogP contribution in [0.5, 0.6) is 0 Å². The highest BCUT2D eigenvalue weighted by molar-refractivity contribution is 5.96. The van der Waals surface area contributed by atoms with E-state index in [1.54, 1.807) is 0 Å². The summed E-state index contributed by atoms with van der Waals surface area (Å²) in [4.78, 5) is 26.0. The largest absolute Gasteiger partial charge is 0.480 e. The summed E-state index contributed by atoms with van der Waals surface area (Å²) in [6, 6.07) is 1.64. The molecule has 1 amide bonds. The van der Waals surface area contributed by atoms with Crippen molar-refractivity contribution in [2.24, 2.45) is 5.92 Å². The third-order valence-electron chi connectivity index (χ3n) is 2.31. The monoisotopic (exact) mass is 254 g/mol. The van der Waals surface area contributed by atoms with Crippen LogP contribution in [0.2, 0.25) is 0 Å². The number of carboxylic acids is 1. The first-order chi connectivity index (χ1) is 8.41. The Morgan fingerprint density at radius 1 is 1.50 bits per heavy atom. The van der Waals surface area contributed by atoms with E-state index in [0.717, 1.165) is 0 Å². The Morgan fingerprint density at radius 3 is 2.67 bits per heavy atom. The molecule has 1 aromatic heterocycles. The maximum Gasteiger partial charge on any atom is 0.326 e. The molecule has 1 unspecified atom stereocenters. The fourth-order valence-electron chi connectivity index (χ4n) is 1.48. The summed E-state index contributed by atoms with van der Waals surface area (Å²) < 4.78 is 13.2. The van der Waals surface area contributed by atoms with Gasteiger partial charge in [0.05, 0.1) is 5.56 Å². The average Bonchev–Trinajstić information content (AvgIpc) is 2.27. The van der Waals surface area contributed by atoms with E-state index in [9.17, 15) is 14.0 Å². The Bertz CT molecular complexity index is 449. The second-order valence-corrected chi connectivity index (χ2v) is 4.34. The van der Waals surface area contributed by atoms with Crippen LogP contribution in [0.1, 0.15) is 30.6 Å². The summed E-state index contributed by atoms with van der Waals surface area (Å²) in [5, 5.41) is 11.2. The van der Waals surface area contributed by atoms with Crippen LogP contribution in [0.4, 0.5) is 4.39 Å². The van der Waals surface area contributed by atoms with Gasteiger partial charge in [-0.05, 0) is 24.5 Å². The number of nitrogens with one attached hydrogen (secondary N) is 1. The van der Waals surface area contributed by atoms with Gasteiger partial charge in [0.25, 0.3) is 5.91 Å². The van der Waals surface area contributed by atoms with Gasteiger partial charge in [-0.2, -0.15) is 4.39 Å². The molecule has 0 spiro atoms. The van der Waals surface area contributed by atoms with E-state index in [1.807, 2.05) is 13.8 Å². The minimum Gasteiger partial charge on any atom is -0.480 e. The summed E-state index contributed by atoms with van der Waals surface area (Å²) >= 11 is 0. The molecular formula is C12H15FN2O3. The number of rotatable bonds is 5. The van der Waals surface area contributed by atoms with Crippen LogP contribution in [-0.2, 0) is 4.79 Å². The Balaban J connectivity index is 2.79. The van der Waals surface area contributed by atoms with Crippen molar-refractivity contribution < 1.29 is 19.1 Å². The summed E-state index contributed by atoms with van der Waals surface area (Å²) in [5.41, 5.74) is -0.257. The highest BCUT2D eigenvalue weighted by atomic mass is 19.1. The van der Waals surface area contributed by atoms with Gasteiger partial charge in [-0.25, -0.2) is 9.78 Å². The van der Waals surface area contributed by atoms with Gasteiger partial charge in [-0.3, -0.25) is 4.79 Å². The van der Waals surface area contributed by atoms with Crippen molar-refractivity contribution in [1.29, 1.82) is 0 Å². The van der Waals surface area contributed by atoms with Gasteiger partial charge in [-0.1, -0.05) is 13.8 Å². The minimum atomic E-state index is -1.14. The van der Waals surface area contributed by atoms with E-state index in [0.29, 0.717) is 0 Å². The zero-order valence-corrected chi connectivity index (χ0v) is 10.2. The SMILES string of the molecule is CC(C)CC(NC(=O)c1cccnc1F)C(=O)O. The van der Waals surface area contributed by atoms with Crippen LogP contribution in [0.25, 0.3) is 0 Å². The van der Waals surface area contributed by atoms with Crippen molar-refractivity contribution >= 4 is 11.9 Å². The van der Waals surface area contributed by atoms with Gasteiger partial charge in [0.1, 0.15) is 6.04 Å². The van der Waals surface area contributed by atoms with Crippen LogP contribution in [0.3, 0.4) is 0 Å². The van der Waals surface area contributed by atoms with Crippen molar-refractivity contribution in [3.8, 4) is 0 Å². The molecule has 1 atom stereocenters. The van der Waals surface area contributed by atoms with E-state index in [1.165, 1.54) is 18.3 Å². The zero-order valence-electron chi connectivity index (χ0n) is 10.2. The van der Waals surface area contributed by atoms with Gasteiger partial charge >= 0.3 is 5.97 Å². The van der Waals surface area contributed by atoms with Crippen molar-refractivity contribution in [2.75, 3.05) is 0 Å². The van der Waals surface area contributed by atoms with Gasteiger partial charge in [0, 0.05) is 6.20 Å². The summed E-state index contributed by atoms with van der Waals surface area (Å²) in [6.45, 7) is 3.68. The van der Waals surface area contributed by atoms with Crippen molar-refractivity contribution in [1.82, 2.24) is 10.3 Å². The zero-order chi connectivity index (χ0) is 13.7. The molecule has 0 aliphatic rings. The van der Waals surface area contributed by atoms with Crippen LogP contribution < -0.4 is 5.32 Å². The molecule has 1 rings (SSSR count). The number of halogens is 1. The molecule has 0 radical (unpaired) electrons. The van der Waals surface area contributed by atoms with Crippen LogP contribution in [0, 0.1) is 11.9 Å². The molecule has 0 saturated heterocycles. The highest BCUT2D eigenvalue weighted by Gasteiger charge is 2.23. The van der Waals surface area contributed by atoms with E-state index in [2.05, 4.69) is 10.3 Å². The van der Waals surface area contributed by atoms with Crippen LogP contribution >= 0.6 is 0 Å². The highest BCUT2D eigenvalue weighted by Crippen LogP contribution is 2.08. The number of pyridine rings is 1. The Labute approximate surface area is 104 Å². The molecule has 0 fully saturated rings. The molecule has 1 aromatic rings. The number of aliphatic carboxylic acids is 1. The molecule has 0 saturated carbocycles. The van der Waals surface area contributed by atoms with Crippen molar-refractivity contribution in [2.45, 2.75) is 26.3 Å². The van der Waals surface area contributed by atoms with Gasteiger partial charge in [0.2, 0.25) is 5.95 Å². The fourth-order valence-corrected chi connectivity index (χ4v) is 1.48. The Kier molecular flexibility index (Phi) is 4.76. The van der Waals surface area contributed by atoms with Crippen molar-refractivity contribution in [3.63, 3.8) is 0 Å². The minimum absolute atomic E-state index is 0.102. The van der Waals surface area contributed by atoms with Gasteiger partial charge < -0.3 is 10.4 Å². The lowest BCUT2D eigenvalue weighted by atomic mass is 10.0. The van der Waals surface area contributed by atoms with E-state index in [-0.39, 0.29) is 17.9 Å². The maximum atomic E-state index is 13.2. The summed E-state index contributed by atoms with van der Waals surface area (Å²) in [7, 11) is 0. The lowest BCUT2D eigenvalue weighted by Gasteiger charge is -2.16. The average molecular weight is 254 g/mol. The lowest BCUT2D eigenvalue weighted by Crippen LogP contribution is -2.42. The predicted molar refractivity (Wildman–Crippen MR) is 62.5 cm³/mol. The molecule has 0 aromatic carbocycles. The predicted octanol–water partition coefficient (Wildman–Crippen LogP) is 1.45. The molecule has 0 aliphatic carbocycles. The fraction of sp³-hybridized carbons (Fsp3) is 0.417. The molecular weight excluding hydrogens is 239 g/mol. The Hall–Kier alpha value is -1.98. The molecule has 6 heteroatoms. The third-order valence-corrected chi connectivity index (χ3v) is 2.31. The number of carbonyl (C=O) groups excluding carboxylic acids is 1. The van der Waals surface area contributed by atoms with Crippen LogP contribution in [0.15, 0.2) is 18.3 Å². The quantitative estimate of drug-likeness (QED) is 0.779. The van der Waals surface area contributed by atoms with Gasteiger partial charge in [-0.15, -0.1) is 0 Å². The standard InChI is InChI=1S/C12H15FN2O3/c1-7(2)6-9(12(17)18)15-11(16)8-4-3-5-14-10(8)13/h3-5,7,9H,6H2,1-2H3,(H,15,16)(H,17,18). The molecule has 5 nitrogen and oxygen atoms in total. The Morgan fingerprint density at radius 2 is 2.17 bits per heavy atom. The van der Waals surface area contributed by atoms with E-state index < -0.39 is 23.9 Å². The second-order valence-electron chi connectivity index (χ2n) is 4.34. The molecule has 1 heterocycles. The first-order valence-corrected chi connectivity index (χ1v) is 5.56. The maximum absolute atomic E-state index is 13.2. The number of amides is 1. The number of carboxylic acid groups (broad SMARTS) is 1. The third kappa shape index (κ3) is 3.80. The van der Waals surface area contributed by atoms with Gasteiger partial charge in [0.15, 0.2) is 0 Å². The normalized spacial score (nSPS) is 12.2. The van der Waals surface area contributed by atoms with E-state index >= 15 is 0 Å². The number of hydrogen-bond acceptors (Lipinski definition) is 3. The smallest absolute Gasteiger partial charge is 0.326 e. The number of aromatic nitrogens is 1. The molecule has 0 aliphatic heterocycles. The lowest BCUT2D eigenvalue weighted by molar-refractivity contribution is -0.139. The van der Waals surface area contributed by atoms with Crippen LogP contribution in [-0.4, -0.2) is 28.0 Å². The summed E-state index contributed by atoms with van der Waals surface area (Å²) in [6.07, 6.45) is 1.50. The first-order valence-electron chi connectivity index (χ1n) is 5.56. The number of carbonyl (C=O) groups is 2. The molecule has 2 N–H and O–H groups in total. The molecule has 98 valence electrons. The van der Waals surface area contributed by atoms with E-state index in [4.69, 9.17) is 5.11 Å². The van der Waals surface area contributed by atoms with Crippen molar-refractivity contribution in [3.05, 3.63) is 29.8 Å².